The largest absolute Gasteiger partial charge is 0.518 e. The van der Waals surface area contributed by atoms with Crippen LogP contribution in [0.1, 0.15) is 27.7 Å². The van der Waals surface area contributed by atoms with Crippen LogP contribution in [-0.4, -0.2) is 42.4 Å². The van der Waals surface area contributed by atoms with Crippen LogP contribution in [0.4, 0.5) is 5.82 Å². The van der Waals surface area contributed by atoms with Gasteiger partial charge >= 0.3 is 7.12 Å². The lowest BCUT2D eigenvalue weighted by molar-refractivity contribution is 0.00578. The number of anilines is 1. The van der Waals surface area contributed by atoms with Crippen LogP contribution < -0.4 is 10.5 Å². The summed E-state index contributed by atoms with van der Waals surface area (Å²) in [7, 11) is 3.39. The summed E-state index contributed by atoms with van der Waals surface area (Å²) in [5.41, 5.74) is -0.00137. The normalized spacial score (nSPS) is 21.1. The standard InChI is InChI=1S/C12H20BN3O2/c1-11(2)12(3,4)18-13(17-11)9-10(16(5)6)15-8-7-14-9/h7-8H,1-6H3. The van der Waals surface area contributed by atoms with Crippen LogP contribution in [0.15, 0.2) is 12.4 Å². The first-order chi connectivity index (χ1) is 8.24. The molecule has 1 aliphatic rings. The van der Waals surface area contributed by atoms with Crippen molar-refractivity contribution >= 4 is 18.5 Å². The molecule has 98 valence electrons. The molecule has 6 heteroatoms. The van der Waals surface area contributed by atoms with E-state index in [1.165, 1.54) is 0 Å². The molecule has 0 spiro atoms. The summed E-state index contributed by atoms with van der Waals surface area (Å²) in [6, 6.07) is 0. The van der Waals surface area contributed by atoms with Crippen molar-refractivity contribution in [2.75, 3.05) is 19.0 Å². The van der Waals surface area contributed by atoms with E-state index >= 15 is 0 Å². The van der Waals surface area contributed by atoms with Gasteiger partial charge in [0, 0.05) is 26.5 Å². The molecule has 1 aliphatic heterocycles. The monoisotopic (exact) mass is 249 g/mol. The van der Waals surface area contributed by atoms with E-state index in [0.29, 0.717) is 0 Å². The van der Waals surface area contributed by atoms with Crippen molar-refractivity contribution in [3.05, 3.63) is 12.4 Å². The Hall–Kier alpha value is -1.14. The SMILES string of the molecule is CN(C)c1nccnc1B1OC(C)(C)C(C)(C)O1. The van der Waals surface area contributed by atoms with Crippen molar-refractivity contribution < 1.29 is 9.31 Å². The molecular formula is C12H20BN3O2. The minimum atomic E-state index is -0.471. The molecule has 1 aromatic heterocycles. The molecule has 0 radical (unpaired) electrons. The van der Waals surface area contributed by atoms with Crippen molar-refractivity contribution in [3.8, 4) is 0 Å². The summed E-state index contributed by atoms with van der Waals surface area (Å²) in [6.07, 6.45) is 3.33. The molecule has 0 unspecified atom stereocenters. The van der Waals surface area contributed by atoms with E-state index in [1.54, 1.807) is 12.4 Å². The van der Waals surface area contributed by atoms with Crippen LogP contribution in [0.25, 0.3) is 0 Å². The summed E-state index contributed by atoms with van der Waals surface area (Å²) < 4.78 is 12.0. The van der Waals surface area contributed by atoms with Crippen LogP contribution in [0.5, 0.6) is 0 Å². The van der Waals surface area contributed by atoms with Gasteiger partial charge in [0.05, 0.1) is 11.2 Å². The van der Waals surface area contributed by atoms with E-state index in [4.69, 9.17) is 9.31 Å². The summed E-state index contributed by atoms with van der Waals surface area (Å²) in [6.45, 7) is 8.11. The maximum Gasteiger partial charge on any atom is 0.518 e. The van der Waals surface area contributed by atoms with Gasteiger partial charge in [-0.05, 0) is 27.7 Å². The zero-order valence-corrected chi connectivity index (χ0v) is 11.9. The Bertz CT molecular complexity index is 433. The molecule has 0 N–H and O–H groups in total. The van der Waals surface area contributed by atoms with Gasteiger partial charge in [0.2, 0.25) is 0 Å². The smallest absolute Gasteiger partial charge is 0.398 e. The third-order valence-electron chi connectivity index (χ3n) is 3.61. The quantitative estimate of drug-likeness (QED) is 0.727. The fourth-order valence-corrected chi connectivity index (χ4v) is 1.81. The highest BCUT2D eigenvalue weighted by Gasteiger charge is 2.53. The van der Waals surface area contributed by atoms with E-state index in [1.807, 2.05) is 46.7 Å². The maximum atomic E-state index is 5.99. The van der Waals surface area contributed by atoms with Gasteiger partial charge < -0.3 is 14.2 Å². The van der Waals surface area contributed by atoms with Crippen molar-refractivity contribution in [1.82, 2.24) is 9.97 Å². The van der Waals surface area contributed by atoms with Gasteiger partial charge in [-0.1, -0.05) is 0 Å². The van der Waals surface area contributed by atoms with Gasteiger partial charge in [-0.3, -0.25) is 4.98 Å². The van der Waals surface area contributed by atoms with Crippen LogP contribution in [0.3, 0.4) is 0 Å². The van der Waals surface area contributed by atoms with E-state index < -0.39 is 7.12 Å². The Morgan fingerprint density at radius 3 is 2.00 bits per heavy atom. The maximum absolute atomic E-state index is 5.99. The molecule has 1 aromatic rings. The van der Waals surface area contributed by atoms with Crippen molar-refractivity contribution in [3.63, 3.8) is 0 Å². The second kappa shape index (κ2) is 4.21. The van der Waals surface area contributed by atoms with Crippen LogP contribution in [0.2, 0.25) is 0 Å². The molecule has 5 nitrogen and oxygen atoms in total. The molecule has 18 heavy (non-hydrogen) atoms. The Morgan fingerprint density at radius 2 is 1.50 bits per heavy atom. The van der Waals surface area contributed by atoms with Gasteiger partial charge in [0.1, 0.15) is 11.4 Å². The van der Waals surface area contributed by atoms with Gasteiger partial charge in [-0.25, -0.2) is 4.98 Å². The van der Waals surface area contributed by atoms with E-state index in [0.717, 1.165) is 11.4 Å². The van der Waals surface area contributed by atoms with E-state index in [9.17, 15) is 0 Å². The number of hydrogen-bond acceptors (Lipinski definition) is 5. The highest BCUT2D eigenvalue weighted by atomic mass is 16.7. The fraction of sp³-hybridized carbons (Fsp3) is 0.667. The van der Waals surface area contributed by atoms with Gasteiger partial charge in [0.15, 0.2) is 0 Å². The Morgan fingerprint density at radius 1 is 1.00 bits per heavy atom. The summed E-state index contributed by atoms with van der Waals surface area (Å²) in [5.74, 6) is 0.774. The number of rotatable bonds is 2. The molecule has 0 saturated carbocycles. The Kier molecular flexibility index (Phi) is 3.11. The molecule has 0 amide bonds. The fourth-order valence-electron chi connectivity index (χ4n) is 1.81. The van der Waals surface area contributed by atoms with E-state index in [-0.39, 0.29) is 11.2 Å². The average Bonchev–Trinajstić information content (AvgIpc) is 2.48. The van der Waals surface area contributed by atoms with Crippen LogP contribution >= 0.6 is 0 Å². The molecule has 0 aliphatic carbocycles. The van der Waals surface area contributed by atoms with Gasteiger partial charge in [-0.15, -0.1) is 0 Å². The van der Waals surface area contributed by atoms with Gasteiger partial charge in [0.25, 0.3) is 0 Å². The molecular weight excluding hydrogens is 229 g/mol. The summed E-state index contributed by atoms with van der Waals surface area (Å²) in [4.78, 5) is 10.6. The Balaban J connectivity index is 2.35. The first kappa shape index (κ1) is 13.3. The highest BCUT2D eigenvalue weighted by molar-refractivity contribution is 6.62. The number of aromatic nitrogens is 2. The molecule has 1 fully saturated rings. The first-order valence-electron chi connectivity index (χ1n) is 6.08. The summed E-state index contributed by atoms with van der Waals surface area (Å²) >= 11 is 0. The topological polar surface area (TPSA) is 47.5 Å². The predicted octanol–water partition coefficient (Wildman–Crippen LogP) is 0.842. The molecule has 2 rings (SSSR count). The highest BCUT2D eigenvalue weighted by Crippen LogP contribution is 2.36. The molecule has 0 atom stereocenters. The number of hydrogen-bond donors (Lipinski definition) is 0. The van der Waals surface area contributed by atoms with Crippen molar-refractivity contribution in [1.29, 1.82) is 0 Å². The lowest BCUT2D eigenvalue weighted by Crippen LogP contribution is -2.41. The second-order valence-corrected chi connectivity index (χ2v) is 5.75. The first-order valence-corrected chi connectivity index (χ1v) is 6.08. The lowest BCUT2D eigenvalue weighted by Gasteiger charge is -2.32. The minimum Gasteiger partial charge on any atom is -0.398 e. The van der Waals surface area contributed by atoms with E-state index in [2.05, 4.69) is 9.97 Å². The van der Waals surface area contributed by atoms with Gasteiger partial charge in [-0.2, -0.15) is 0 Å². The van der Waals surface area contributed by atoms with Crippen LogP contribution in [-0.2, 0) is 9.31 Å². The molecule has 0 bridgehead atoms. The Labute approximate surface area is 109 Å². The second-order valence-electron chi connectivity index (χ2n) is 5.75. The molecule has 2 heterocycles. The third-order valence-corrected chi connectivity index (χ3v) is 3.61. The van der Waals surface area contributed by atoms with Crippen molar-refractivity contribution in [2.24, 2.45) is 0 Å². The average molecular weight is 249 g/mol. The molecule has 0 aromatic carbocycles. The van der Waals surface area contributed by atoms with Crippen LogP contribution in [0, 0.1) is 0 Å². The number of nitrogens with zero attached hydrogens (tertiary/aromatic N) is 3. The zero-order chi connectivity index (χ0) is 13.6. The predicted molar refractivity (Wildman–Crippen MR) is 72.1 cm³/mol. The minimum absolute atomic E-state index is 0.362. The zero-order valence-electron chi connectivity index (χ0n) is 11.9. The summed E-state index contributed by atoms with van der Waals surface area (Å²) in [5, 5.41) is 0. The molecule has 1 saturated heterocycles. The third kappa shape index (κ3) is 2.10. The lowest BCUT2D eigenvalue weighted by atomic mass is 9.84. The van der Waals surface area contributed by atoms with Crippen molar-refractivity contribution in [2.45, 2.75) is 38.9 Å².